The minimum Gasteiger partial charge on any atom is -0.493 e. The molecule has 0 spiro atoms. The highest BCUT2D eigenvalue weighted by atomic mass is 16.5. The summed E-state index contributed by atoms with van der Waals surface area (Å²) >= 11 is 0. The summed E-state index contributed by atoms with van der Waals surface area (Å²) in [6, 6.07) is 6.19. The zero-order valence-electron chi connectivity index (χ0n) is 12.9. The van der Waals surface area contributed by atoms with Crippen LogP contribution in [-0.4, -0.2) is 24.0 Å². The van der Waals surface area contributed by atoms with E-state index in [9.17, 15) is 14.7 Å². The molecule has 0 saturated heterocycles. The lowest BCUT2D eigenvalue weighted by atomic mass is 10.1. The molecule has 2 rings (SSSR count). The van der Waals surface area contributed by atoms with Crippen LogP contribution in [0.3, 0.4) is 0 Å². The van der Waals surface area contributed by atoms with Crippen molar-refractivity contribution < 1.29 is 23.8 Å². The van der Waals surface area contributed by atoms with Gasteiger partial charge in [-0.05, 0) is 12.1 Å². The van der Waals surface area contributed by atoms with Gasteiger partial charge in [0.05, 0.1) is 13.7 Å². The van der Waals surface area contributed by atoms with Gasteiger partial charge in [0, 0.05) is 29.3 Å². The number of carbonyl (C=O) groups excluding carboxylic acids is 2. The second-order valence-electron chi connectivity index (χ2n) is 4.74. The number of carbonyl (C=O) groups is 2. The molecule has 1 heterocycles. The summed E-state index contributed by atoms with van der Waals surface area (Å²) in [5.41, 5.74) is 1.26. The maximum atomic E-state index is 12.2. The highest BCUT2D eigenvalue weighted by Gasteiger charge is 2.13. The Balaban J connectivity index is 2.19. The van der Waals surface area contributed by atoms with Crippen molar-refractivity contribution in [2.75, 3.05) is 17.7 Å². The average molecular weight is 318 g/mol. The minimum absolute atomic E-state index is 0.201. The van der Waals surface area contributed by atoms with Crippen LogP contribution < -0.4 is 15.4 Å². The Labute approximate surface area is 133 Å². The summed E-state index contributed by atoms with van der Waals surface area (Å²) in [5.74, 6) is 0.135. The van der Waals surface area contributed by atoms with Gasteiger partial charge in [0.25, 0.3) is 5.91 Å². The molecule has 0 aliphatic rings. The van der Waals surface area contributed by atoms with Crippen molar-refractivity contribution in [2.24, 2.45) is 0 Å². The molecule has 0 aliphatic heterocycles. The van der Waals surface area contributed by atoms with Gasteiger partial charge in [0.1, 0.15) is 6.26 Å². The maximum Gasteiger partial charge on any atom is 0.258 e. The molecule has 2 amide bonds. The average Bonchev–Trinajstić information content (AvgIpc) is 3.02. The third-order valence-electron chi connectivity index (χ3n) is 3.19. The molecule has 1 aromatic carbocycles. The fourth-order valence-corrected chi connectivity index (χ4v) is 1.89. The summed E-state index contributed by atoms with van der Waals surface area (Å²) in [5, 5.41) is 14.6. The fraction of sp³-hybridized carbons (Fsp3) is 0.250. The van der Waals surface area contributed by atoms with E-state index >= 15 is 0 Å². The number of anilines is 2. The molecule has 0 fully saturated rings. The molecule has 0 atom stereocenters. The SMILES string of the molecule is CCC(=O)Nc1cc(C(=O)Nc2cc(OC)co2)ccc1CO. The van der Waals surface area contributed by atoms with Crippen LogP contribution in [0.5, 0.6) is 5.75 Å². The lowest BCUT2D eigenvalue weighted by Gasteiger charge is -2.11. The molecule has 122 valence electrons. The summed E-state index contributed by atoms with van der Waals surface area (Å²) in [4.78, 5) is 23.8. The first kappa shape index (κ1) is 16.6. The Morgan fingerprint density at radius 2 is 2.04 bits per heavy atom. The molecule has 0 bridgehead atoms. The van der Waals surface area contributed by atoms with E-state index in [1.165, 1.54) is 19.4 Å². The van der Waals surface area contributed by atoms with Gasteiger partial charge in [-0.15, -0.1) is 0 Å². The third-order valence-corrected chi connectivity index (χ3v) is 3.19. The molecule has 0 radical (unpaired) electrons. The number of furan rings is 1. The van der Waals surface area contributed by atoms with Crippen LogP contribution in [0.4, 0.5) is 11.6 Å². The number of aliphatic hydroxyl groups excluding tert-OH is 1. The topological polar surface area (TPSA) is 101 Å². The molecular formula is C16H18N2O5. The third kappa shape index (κ3) is 4.10. The number of methoxy groups -OCH3 is 1. The molecule has 23 heavy (non-hydrogen) atoms. The van der Waals surface area contributed by atoms with Crippen molar-refractivity contribution in [3.8, 4) is 5.75 Å². The summed E-state index contributed by atoms with van der Waals surface area (Å²) in [7, 11) is 1.49. The van der Waals surface area contributed by atoms with Crippen molar-refractivity contribution in [1.29, 1.82) is 0 Å². The number of benzene rings is 1. The number of ether oxygens (including phenoxy) is 1. The first-order valence-electron chi connectivity index (χ1n) is 7.04. The van der Waals surface area contributed by atoms with Crippen molar-refractivity contribution >= 4 is 23.4 Å². The quantitative estimate of drug-likeness (QED) is 0.759. The van der Waals surface area contributed by atoms with E-state index < -0.39 is 5.91 Å². The molecule has 1 aromatic heterocycles. The van der Waals surface area contributed by atoms with Gasteiger partial charge in [-0.1, -0.05) is 13.0 Å². The maximum absolute atomic E-state index is 12.2. The van der Waals surface area contributed by atoms with Gasteiger partial charge in [-0.3, -0.25) is 14.9 Å². The predicted molar refractivity (Wildman–Crippen MR) is 84.5 cm³/mol. The highest BCUT2D eigenvalue weighted by Crippen LogP contribution is 2.22. The van der Waals surface area contributed by atoms with Crippen LogP contribution >= 0.6 is 0 Å². The van der Waals surface area contributed by atoms with E-state index in [4.69, 9.17) is 9.15 Å². The summed E-state index contributed by atoms with van der Waals surface area (Å²) < 4.78 is 10.1. The van der Waals surface area contributed by atoms with Gasteiger partial charge in [0.2, 0.25) is 11.8 Å². The standard InChI is InChI=1S/C16H18N2O5/c1-3-14(20)17-13-6-10(4-5-11(13)8-19)16(21)18-15-7-12(22-2)9-23-15/h4-7,9,19H,3,8H2,1-2H3,(H,17,20)(H,18,21). The van der Waals surface area contributed by atoms with Crippen LogP contribution in [0, 0.1) is 0 Å². The van der Waals surface area contributed by atoms with Crippen LogP contribution in [0.15, 0.2) is 34.9 Å². The molecular weight excluding hydrogens is 300 g/mol. The van der Waals surface area contributed by atoms with Crippen molar-refractivity contribution in [3.05, 3.63) is 41.7 Å². The van der Waals surface area contributed by atoms with Gasteiger partial charge >= 0.3 is 0 Å². The second kappa shape index (κ2) is 7.46. The van der Waals surface area contributed by atoms with Gasteiger partial charge < -0.3 is 19.6 Å². The van der Waals surface area contributed by atoms with Gasteiger partial charge in [-0.25, -0.2) is 0 Å². The zero-order chi connectivity index (χ0) is 16.8. The van der Waals surface area contributed by atoms with Crippen LogP contribution in [0.1, 0.15) is 29.3 Å². The lowest BCUT2D eigenvalue weighted by molar-refractivity contribution is -0.115. The van der Waals surface area contributed by atoms with E-state index in [-0.39, 0.29) is 18.4 Å². The minimum atomic E-state index is -0.404. The largest absolute Gasteiger partial charge is 0.493 e. The first-order valence-corrected chi connectivity index (χ1v) is 7.04. The van der Waals surface area contributed by atoms with E-state index in [1.807, 2.05) is 0 Å². The van der Waals surface area contributed by atoms with E-state index in [2.05, 4.69) is 10.6 Å². The first-order chi connectivity index (χ1) is 11.1. The number of amides is 2. The second-order valence-corrected chi connectivity index (χ2v) is 4.74. The molecule has 0 saturated carbocycles. The Kier molecular flexibility index (Phi) is 5.37. The summed E-state index contributed by atoms with van der Waals surface area (Å²) in [6.45, 7) is 1.48. The van der Waals surface area contributed by atoms with Gasteiger partial charge in [-0.2, -0.15) is 0 Å². The van der Waals surface area contributed by atoms with Crippen LogP contribution in [0.25, 0.3) is 0 Å². The zero-order valence-corrected chi connectivity index (χ0v) is 12.9. The normalized spacial score (nSPS) is 10.2. The van der Waals surface area contributed by atoms with Crippen molar-refractivity contribution in [2.45, 2.75) is 20.0 Å². The Morgan fingerprint density at radius 1 is 1.26 bits per heavy atom. The molecule has 3 N–H and O–H groups in total. The molecule has 7 heteroatoms. The fourth-order valence-electron chi connectivity index (χ4n) is 1.89. The number of nitrogens with one attached hydrogen (secondary N) is 2. The number of aliphatic hydroxyl groups is 1. The monoisotopic (exact) mass is 318 g/mol. The van der Waals surface area contributed by atoms with Crippen molar-refractivity contribution in [1.82, 2.24) is 0 Å². The van der Waals surface area contributed by atoms with Crippen molar-refractivity contribution in [3.63, 3.8) is 0 Å². The Morgan fingerprint density at radius 3 is 2.65 bits per heavy atom. The number of hydrogen-bond acceptors (Lipinski definition) is 5. The van der Waals surface area contributed by atoms with E-state index in [0.717, 1.165) is 0 Å². The van der Waals surface area contributed by atoms with Gasteiger partial charge in [0.15, 0.2) is 5.75 Å². The van der Waals surface area contributed by atoms with E-state index in [0.29, 0.717) is 29.0 Å². The van der Waals surface area contributed by atoms with Crippen LogP contribution in [-0.2, 0) is 11.4 Å². The van der Waals surface area contributed by atoms with E-state index in [1.54, 1.807) is 25.1 Å². The molecule has 0 unspecified atom stereocenters. The number of hydrogen-bond donors (Lipinski definition) is 3. The Hall–Kier alpha value is -2.80. The van der Waals surface area contributed by atoms with Crippen LogP contribution in [0.2, 0.25) is 0 Å². The molecule has 7 nitrogen and oxygen atoms in total. The highest BCUT2D eigenvalue weighted by molar-refractivity contribution is 6.05. The molecule has 2 aromatic rings. The molecule has 0 aliphatic carbocycles. The smallest absolute Gasteiger partial charge is 0.258 e. The predicted octanol–water partition coefficient (Wildman–Crippen LogP) is 2.38. The summed E-state index contributed by atoms with van der Waals surface area (Å²) in [6.07, 6.45) is 1.67. The number of rotatable bonds is 6. The lowest BCUT2D eigenvalue weighted by Crippen LogP contribution is -2.15. The Bertz CT molecular complexity index is 708.